The fraction of sp³-hybridized carbons (Fsp3) is 0.205. The zero-order valence-corrected chi connectivity index (χ0v) is 28.3. The lowest BCUT2D eigenvalue weighted by Gasteiger charge is -2.50. The van der Waals surface area contributed by atoms with Crippen molar-refractivity contribution in [3.63, 3.8) is 0 Å². The number of halogens is 4. The highest BCUT2D eigenvalue weighted by molar-refractivity contribution is 6.58. The van der Waals surface area contributed by atoms with Crippen LogP contribution in [0, 0.1) is 29.4 Å². The molecule has 260 valence electrons. The zero-order chi connectivity index (χ0) is 36.3. The van der Waals surface area contributed by atoms with E-state index in [4.69, 9.17) is 27.6 Å². The molecular weight excluding hydrogens is 715 g/mol. The van der Waals surface area contributed by atoms with E-state index in [1.54, 1.807) is 36.4 Å². The molecule has 9 nitrogen and oxygen atoms in total. The fourth-order valence-corrected chi connectivity index (χ4v) is 9.44. The molecule has 3 fully saturated rings. The first-order valence-corrected chi connectivity index (χ1v) is 17.2. The number of aromatic hydroxyl groups is 1. The Balaban J connectivity index is 1.12. The molecule has 5 aromatic rings. The van der Waals surface area contributed by atoms with Gasteiger partial charge in [-0.2, -0.15) is 0 Å². The average molecular weight is 741 g/mol. The summed E-state index contributed by atoms with van der Waals surface area (Å²) in [7, 11) is 0. The quantitative estimate of drug-likeness (QED) is 0.117. The molecule has 13 heteroatoms. The lowest BCUT2D eigenvalue weighted by atomic mass is 9.56. The fourth-order valence-electron chi connectivity index (χ4n) is 8.51. The van der Waals surface area contributed by atoms with E-state index in [0.717, 1.165) is 28.0 Å². The molecule has 52 heavy (non-hydrogen) atoms. The molecule has 4 aromatic carbocycles. The van der Waals surface area contributed by atoms with Crippen LogP contribution in [0.2, 0.25) is 0 Å². The number of nitrogens with zero attached hydrogens (tertiary/aromatic N) is 3. The first-order valence-electron chi connectivity index (χ1n) is 16.5. The summed E-state index contributed by atoms with van der Waals surface area (Å²) < 4.78 is 34.7. The number of phenolic OH excluding ortho intramolecular Hbond substituents is 1. The van der Waals surface area contributed by atoms with E-state index in [1.165, 1.54) is 24.3 Å². The van der Waals surface area contributed by atoms with Crippen LogP contribution in [0.1, 0.15) is 24.3 Å². The van der Waals surface area contributed by atoms with Crippen molar-refractivity contribution in [1.82, 2.24) is 4.98 Å². The molecule has 4 aliphatic rings. The van der Waals surface area contributed by atoms with Crippen LogP contribution in [-0.2, 0) is 19.2 Å². The lowest BCUT2D eigenvalue weighted by molar-refractivity contribution is -0.125. The standard InChI is InChI=1S/C39H25Cl2F2N3O6/c40-38-18-26-23(31(25-4-3-5-27(43)32(25)47)39(38,41)37(51)46(36(38)50)22-14-10-20(42)11-15-22)16-17-24-30(26)35(49)45(34(24)48)21-12-8-19(9-13-21)33-44-28-6-1-2-7-29(28)52-33/h1-16,24,26,30-31,47H,17-18H2/t24-,26+,30-,31+,38+,39-/m0/s1. The number of amides is 4. The van der Waals surface area contributed by atoms with Crippen molar-refractivity contribution in [2.75, 3.05) is 9.80 Å². The molecule has 0 spiro atoms. The predicted molar refractivity (Wildman–Crippen MR) is 187 cm³/mol. The normalized spacial score (nSPS) is 28.3. The van der Waals surface area contributed by atoms with Crippen LogP contribution in [0.3, 0.4) is 0 Å². The number of oxazole rings is 1. The van der Waals surface area contributed by atoms with Gasteiger partial charge in [-0.15, -0.1) is 23.2 Å². The van der Waals surface area contributed by atoms with Crippen molar-refractivity contribution in [2.24, 2.45) is 17.8 Å². The second-order valence-electron chi connectivity index (χ2n) is 13.5. The summed E-state index contributed by atoms with van der Waals surface area (Å²) in [6.45, 7) is 0. The number of aromatic nitrogens is 1. The average Bonchev–Trinajstić information content (AvgIpc) is 3.73. The molecule has 1 saturated carbocycles. The van der Waals surface area contributed by atoms with Crippen LogP contribution in [0.15, 0.2) is 107 Å². The molecule has 1 aromatic heterocycles. The molecule has 2 saturated heterocycles. The van der Waals surface area contributed by atoms with Gasteiger partial charge in [-0.3, -0.25) is 24.1 Å². The number of rotatable bonds is 4. The number of carbonyl (C=O) groups excluding carboxylic acids is 4. The number of hydrogen-bond donors (Lipinski definition) is 1. The number of carbonyl (C=O) groups is 4. The van der Waals surface area contributed by atoms with Gasteiger partial charge >= 0.3 is 0 Å². The van der Waals surface area contributed by atoms with Crippen LogP contribution in [0.25, 0.3) is 22.6 Å². The van der Waals surface area contributed by atoms with Gasteiger partial charge in [-0.25, -0.2) is 18.7 Å². The topological polar surface area (TPSA) is 121 Å². The minimum atomic E-state index is -2.31. The number of hydrogen-bond acceptors (Lipinski definition) is 7. The molecule has 2 aliphatic carbocycles. The van der Waals surface area contributed by atoms with Crippen molar-refractivity contribution in [3.05, 3.63) is 120 Å². The number of alkyl halides is 2. The molecule has 0 unspecified atom stereocenters. The smallest absolute Gasteiger partial charge is 0.258 e. The summed E-state index contributed by atoms with van der Waals surface area (Å²) in [6.07, 6.45) is 1.42. The SMILES string of the molecule is O=C1[C@H]2[C@H](CC=C3[C@H]2C[C@@]2(Cl)C(=O)N(c4ccc(F)cc4)C(=O)[C@@]2(Cl)[C@H]3c2cccc(F)c2O)C(=O)N1c1ccc(-c2nc3ccccc3o2)cc1. The summed E-state index contributed by atoms with van der Waals surface area (Å²) in [6, 6.07) is 22.2. The Kier molecular flexibility index (Phi) is 7.07. The number of para-hydroxylation sites is 3. The number of imide groups is 2. The van der Waals surface area contributed by atoms with Gasteiger partial charge in [0.1, 0.15) is 11.3 Å². The van der Waals surface area contributed by atoms with E-state index in [-0.39, 0.29) is 24.1 Å². The van der Waals surface area contributed by atoms with E-state index in [2.05, 4.69) is 4.98 Å². The van der Waals surface area contributed by atoms with Gasteiger partial charge in [0, 0.05) is 17.0 Å². The van der Waals surface area contributed by atoms with Gasteiger partial charge in [0.2, 0.25) is 17.7 Å². The number of anilines is 2. The van der Waals surface area contributed by atoms with Crippen LogP contribution in [0.5, 0.6) is 5.75 Å². The van der Waals surface area contributed by atoms with Crippen LogP contribution >= 0.6 is 23.2 Å². The molecule has 3 heterocycles. The van der Waals surface area contributed by atoms with Gasteiger partial charge in [0.15, 0.2) is 26.9 Å². The van der Waals surface area contributed by atoms with E-state index in [9.17, 15) is 33.1 Å². The highest BCUT2D eigenvalue weighted by atomic mass is 35.5. The molecule has 0 radical (unpaired) electrons. The van der Waals surface area contributed by atoms with Crippen molar-refractivity contribution in [2.45, 2.75) is 28.5 Å². The first-order chi connectivity index (χ1) is 24.9. The van der Waals surface area contributed by atoms with Crippen LogP contribution in [0.4, 0.5) is 20.2 Å². The largest absolute Gasteiger partial charge is 0.505 e. The van der Waals surface area contributed by atoms with Crippen LogP contribution < -0.4 is 9.80 Å². The first kappa shape index (κ1) is 32.5. The van der Waals surface area contributed by atoms with Gasteiger partial charge in [-0.1, -0.05) is 35.9 Å². The Morgan fingerprint density at radius 3 is 2.21 bits per heavy atom. The Morgan fingerprint density at radius 1 is 0.788 bits per heavy atom. The summed E-state index contributed by atoms with van der Waals surface area (Å²) in [5.74, 6) is -9.10. The number of fused-ring (bicyclic) bond motifs is 5. The second-order valence-corrected chi connectivity index (χ2v) is 14.7. The second kappa shape index (κ2) is 11.3. The zero-order valence-electron chi connectivity index (χ0n) is 26.8. The van der Waals surface area contributed by atoms with E-state index >= 15 is 0 Å². The summed E-state index contributed by atoms with van der Waals surface area (Å²) in [4.78, 5) is 59.1. The van der Waals surface area contributed by atoms with E-state index < -0.39 is 74.4 Å². The Bertz CT molecular complexity index is 2380. The van der Waals surface area contributed by atoms with E-state index in [0.29, 0.717) is 33.8 Å². The third-order valence-electron chi connectivity index (χ3n) is 10.9. The summed E-state index contributed by atoms with van der Waals surface area (Å²) in [5.41, 5.74) is 2.49. The minimum Gasteiger partial charge on any atom is -0.505 e. The molecule has 2 aliphatic heterocycles. The predicted octanol–water partition coefficient (Wildman–Crippen LogP) is 7.25. The molecular formula is C39H25Cl2F2N3O6. The van der Waals surface area contributed by atoms with Gasteiger partial charge in [-0.05, 0) is 85.5 Å². The molecule has 4 amide bonds. The number of phenols is 1. The Labute approximate surface area is 304 Å². The van der Waals surface area contributed by atoms with Crippen molar-refractivity contribution in [1.29, 1.82) is 0 Å². The van der Waals surface area contributed by atoms with Gasteiger partial charge in [0.25, 0.3) is 11.8 Å². The maximum atomic E-state index is 15.0. The number of benzene rings is 4. The monoisotopic (exact) mass is 739 g/mol. The third-order valence-corrected chi connectivity index (χ3v) is 12.3. The van der Waals surface area contributed by atoms with Crippen molar-refractivity contribution < 1.29 is 37.5 Å². The maximum Gasteiger partial charge on any atom is 0.258 e. The van der Waals surface area contributed by atoms with Gasteiger partial charge < -0.3 is 9.52 Å². The van der Waals surface area contributed by atoms with Crippen molar-refractivity contribution in [3.8, 4) is 17.2 Å². The Morgan fingerprint density at radius 2 is 1.48 bits per heavy atom. The Hall–Kier alpha value is -5.39. The third kappa shape index (κ3) is 4.29. The molecule has 0 bridgehead atoms. The maximum absolute atomic E-state index is 15.0. The summed E-state index contributed by atoms with van der Waals surface area (Å²) >= 11 is 14.6. The lowest BCUT2D eigenvalue weighted by Crippen LogP contribution is -2.60. The van der Waals surface area contributed by atoms with Gasteiger partial charge in [0.05, 0.1) is 23.2 Å². The highest BCUT2D eigenvalue weighted by Gasteiger charge is 2.77. The minimum absolute atomic E-state index is 0.00230. The van der Waals surface area contributed by atoms with Crippen molar-refractivity contribution >= 4 is 69.3 Å². The summed E-state index contributed by atoms with van der Waals surface area (Å²) in [5, 5.41) is 11.0. The number of allylic oxidation sites excluding steroid dienone is 2. The van der Waals surface area contributed by atoms with Crippen LogP contribution in [-0.4, -0.2) is 43.5 Å². The molecule has 9 rings (SSSR count). The molecule has 1 N–H and O–H groups in total. The highest BCUT2D eigenvalue weighted by Crippen LogP contribution is 2.66. The molecule has 6 atom stereocenters. The van der Waals surface area contributed by atoms with E-state index in [1.807, 2.05) is 18.2 Å².